The molecule has 0 fully saturated rings. The Morgan fingerprint density at radius 2 is 2.19 bits per heavy atom. The Bertz CT molecular complexity index is 434. The molecule has 0 heterocycles. The van der Waals surface area contributed by atoms with Crippen molar-refractivity contribution in [2.75, 3.05) is 0 Å². The van der Waals surface area contributed by atoms with Gasteiger partial charge in [-0.05, 0) is 31.5 Å². The quantitative estimate of drug-likeness (QED) is 0.814. The summed E-state index contributed by atoms with van der Waals surface area (Å²) in [6.07, 6.45) is 0. The van der Waals surface area contributed by atoms with Gasteiger partial charge in [-0.1, -0.05) is 29.9 Å². The predicted molar refractivity (Wildman–Crippen MR) is 69.9 cm³/mol. The second kappa shape index (κ2) is 5.27. The van der Waals surface area contributed by atoms with Gasteiger partial charge >= 0.3 is 0 Å². The van der Waals surface area contributed by atoms with E-state index in [0.717, 1.165) is 5.56 Å². The number of carbonyl (C=O) groups is 1. The Morgan fingerprint density at radius 1 is 1.56 bits per heavy atom. The molecule has 0 aliphatic heterocycles. The summed E-state index contributed by atoms with van der Waals surface area (Å²) in [5, 5.41) is 3.23. The maximum atomic E-state index is 11.8. The van der Waals surface area contributed by atoms with Gasteiger partial charge in [-0.3, -0.25) is 4.79 Å². The first-order chi connectivity index (χ1) is 7.41. The van der Waals surface area contributed by atoms with Crippen LogP contribution >= 0.6 is 23.8 Å². The molecule has 1 unspecified atom stereocenters. The van der Waals surface area contributed by atoms with Crippen molar-refractivity contribution in [2.24, 2.45) is 5.73 Å². The average Bonchev–Trinajstić information content (AvgIpc) is 2.21. The molecule has 1 amide bonds. The minimum absolute atomic E-state index is 0.222. The van der Waals surface area contributed by atoms with E-state index in [9.17, 15) is 4.79 Å². The molecule has 0 aliphatic rings. The van der Waals surface area contributed by atoms with E-state index < -0.39 is 0 Å². The Labute approximate surface area is 105 Å². The number of halogens is 1. The summed E-state index contributed by atoms with van der Waals surface area (Å²) < 4.78 is 0. The van der Waals surface area contributed by atoms with Crippen LogP contribution in [0.15, 0.2) is 18.2 Å². The maximum absolute atomic E-state index is 11.8. The van der Waals surface area contributed by atoms with Gasteiger partial charge in [0.2, 0.25) is 0 Å². The third-order valence-electron chi connectivity index (χ3n) is 2.22. The highest BCUT2D eigenvalue weighted by molar-refractivity contribution is 7.80. The van der Waals surface area contributed by atoms with Gasteiger partial charge in [-0.15, -0.1) is 0 Å². The molecule has 1 aromatic rings. The van der Waals surface area contributed by atoms with Gasteiger partial charge in [0.05, 0.1) is 11.0 Å². The van der Waals surface area contributed by atoms with Crippen molar-refractivity contribution < 1.29 is 4.79 Å². The van der Waals surface area contributed by atoms with Crippen LogP contribution in [0.2, 0.25) is 5.02 Å². The van der Waals surface area contributed by atoms with Crippen LogP contribution in [-0.4, -0.2) is 16.9 Å². The van der Waals surface area contributed by atoms with E-state index in [4.69, 9.17) is 29.6 Å². The molecular formula is C11H13ClN2OS. The monoisotopic (exact) mass is 256 g/mol. The van der Waals surface area contributed by atoms with Crippen LogP contribution in [-0.2, 0) is 0 Å². The van der Waals surface area contributed by atoms with E-state index in [1.54, 1.807) is 25.1 Å². The van der Waals surface area contributed by atoms with Crippen molar-refractivity contribution in [3.63, 3.8) is 0 Å². The fourth-order valence-electron chi connectivity index (χ4n) is 1.18. The normalized spacial score (nSPS) is 11.9. The number of nitrogens with one attached hydrogen (secondary N) is 1. The average molecular weight is 257 g/mol. The third kappa shape index (κ3) is 3.18. The molecular weight excluding hydrogens is 244 g/mol. The molecule has 1 rings (SSSR count). The highest BCUT2D eigenvalue weighted by Crippen LogP contribution is 2.15. The number of carbonyl (C=O) groups excluding carboxylic acids is 1. The lowest BCUT2D eigenvalue weighted by molar-refractivity contribution is 0.0948. The first-order valence-electron chi connectivity index (χ1n) is 4.78. The van der Waals surface area contributed by atoms with Crippen LogP contribution in [0.3, 0.4) is 0 Å². The van der Waals surface area contributed by atoms with Crippen molar-refractivity contribution in [1.82, 2.24) is 5.32 Å². The SMILES string of the molecule is Cc1ccc(Cl)cc1C(=O)NC(C)C(N)=S. The molecule has 0 aromatic heterocycles. The lowest BCUT2D eigenvalue weighted by Crippen LogP contribution is -2.41. The zero-order valence-electron chi connectivity index (χ0n) is 9.08. The molecule has 16 heavy (non-hydrogen) atoms. The van der Waals surface area contributed by atoms with Crippen molar-refractivity contribution in [3.05, 3.63) is 34.3 Å². The summed E-state index contributed by atoms with van der Waals surface area (Å²) in [7, 11) is 0. The van der Waals surface area contributed by atoms with Gasteiger partial charge in [0.15, 0.2) is 0 Å². The van der Waals surface area contributed by atoms with Crippen LogP contribution in [0, 0.1) is 6.92 Å². The van der Waals surface area contributed by atoms with E-state index in [2.05, 4.69) is 5.32 Å². The number of hydrogen-bond acceptors (Lipinski definition) is 2. The van der Waals surface area contributed by atoms with E-state index in [0.29, 0.717) is 10.6 Å². The zero-order valence-corrected chi connectivity index (χ0v) is 10.7. The summed E-state index contributed by atoms with van der Waals surface area (Å²) in [5.74, 6) is -0.222. The predicted octanol–water partition coefficient (Wildman–Crippen LogP) is 2.05. The van der Waals surface area contributed by atoms with Crippen molar-refractivity contribution >= 4 is 34.7 Å². The highest BCUT2D eigenvalue weighted by atomic mass is 35.5. The minimum Gasteiger partial charge on any atom is -0.392 e. The van der Waals surface area contributed by atoms with E-state index in [-0.39, 0.29) is 16.9 Å². The van der Waals surface area contributed by atoms with Gasteiger partial charge in [0.25, 0.3) is 5.91 Å². The number of thiocarbonyl (C=S) groups is 1. The van der Waals surface area contributed by atoms with Crippen molar-refractivity contribution in [1.29, 1.82) is 0 Å². The third-order valence-corrected chi connectivity index (χ3v) is 2.81. The maximum Gasteiger partial charge on any atom is 0.252 e. The fourth-order valence-corrected chi connectivity index (χ4v) is 1.42. The number of aryl methyl sites for hydroxylation is 1. The Kier molecular flexibility index (Phi) is 4.26. The summed E-state index contributed by atoms with van der Waals surface area (Å²) in [6.45, 7) is 3.58. The molecule has 0 saturated heterocycles. The summed E-state index contributed by atoms with van der Waals surface area (Å²) in [6, 6.07) is 4.83. The van der Waals surface area contributed by atoms with Gasteiger partial charge in [0, 0.05) is 10.6 Å². The molecule has 0 aliphatic carbocycles. The first-order valence-corrected chi connectivity index (χ1v) is 5.56. The summed E-state index contributed by atoms with van der Waals surface area (Å²) >= 11 is 10.6. The van der Waals surface area contributed by atoms with E-state index in [1.807, 2.05) is 6.92 Å². The second-order valence-corrected chi connectivity index (χ2v) is 4.46. The standard InChI is InChI=1S/C11H13ClN2OS/c1-6-3-4-8(12)5-9(6)11(15)14-7(2)10(13)16/h3-5,7H,1-2H3,(H2,13,16)(H,14,15). The van der Waals surface area contributed by atoms with Crippen molar-refractivity contribution in [3.8, 4) is 0 Å². The smallest absolute Gasteiger partial charge is 0.252 e. The van der Waals surface area contributed by atoms with Gasteiger partial charge < -0.3 is 11.1 Å². The number of benzene rings is 1. The molecule has 1 atom stereocenters. The highest BCUT2D eigenvalue weighted by Gasteiger charge is 2.13. The van der Waals surface area contributed by atoms with Crippen LogP contribution < -0.4 is 11.1 Å². The lowest BCUT2D eigenvalue weighted by atomic mass is 10.1. The number of rotatable bonds is 3. The Balaban J connectivity index is 2.88. The number of amides is 1. The largest absolute Gasteiger partial charge is 0.392 e. The topological polar surface area (TPSA) is 55.1 Å². The fraction of sp³-hybridized carbons (Fsp3) is 0.273. The Morgan fingerprint density at radius 3 is 2.75 bits per heavy atom. The van der Waals surface area contributed by atoms with Crippen molar-refractivity contribution in [2.45, 2.75) is 19.9 Å². The summed E-state index contributed by atoms with van der Waals surface area (Å²) in [5.41, 5.74) is 6.82. The van der Waals surface area contributed by atoms with Gasteiger partial charge in [-0.2, -0.15) is 0 Å². The molecule has 0 radical (unpaired) electrons. The van der Waals surface area contributed by atoms with E-state index in [1.165, 1.54) is 0 Å². The molecule has 3 N–H and O–H groups in total. The molecule has 5 heteroatoms. The number of nitrogens with two attached hydrogens (primary N) is 1. The molecule has 3 nitrogen and oxygen atoms in total. The minimum atomic E-state index is -0.333. The zero-order chi connectivity index (χ0) is 12.3. The molecule has 0 spiro atoms. The van der Waals surface area contributed by atoms with Crippen LogP contribution in [0.25, 0.3) is 0 Å². The van der Waals surface area contributed by atoms with Gasteiger partial charge in [-0.25, -0.2) is 0 Å². The molecule has 0 bridgehead atoms. The second-order valence-electron chi connectivity index (χ2n) is 3.56. The van der Waals surface area contributed by atoms with Crippen LogP contribution in [0.4, 0.5) is 0 Å². The number of hydrogen-bond donors (Lipinski definition) is 2. The molecule has 1 aromatic carbocycles. The lowest BCUT2D eigenvalue weighted by Gasteiger charge is -2.13. The molecule has 86 valence electrons. The van der Waals surface area contributed by atoms with Crippen LogP contribution in [0.1, 0.15) is 22.8 Å². The first kappa shape index (κ1) is 12.9. The van der Waals surface area contributed by atoms with Gasteiger partial charge in [0.1, 0.15) is 0 Å². The van der Waals surface area contributed by atoms with E-state index >= 15 is 0 Å². The summed E-state index contributed by atoms with van der Waals surface area (Å²) in [4.78, 5) is 12.1. The molecule has 0 saturated carbocycles. The Hall–Kier alpha value is -1.13. The van der Waals surface area contributed by atoms with Crippen LogP contribution in [0.5, 0.6) is 0 Å².